The van der Waals surface area contributed by atoms with E-state index in [0.717, 1.165) is 19.3 Å². The minimum atomic E-state index is -0.621. The molecule has 0 aliphatic heterocycles. The lowest BCUT2D eigenvalue weighted by Crippen LogP contribution is -2.42. The summed E-state index contributed by atoms with van der Waals surface area (Å²) in [5.74, 6) is -0.381. The van der Waals surface area contributed by atoms with Crippen LogP contribution in [-0.4, -0.2) is 31.3 Å². The van der Waals surface area contributed by atoms with Gasteiger partial charge in [-0.25, -0.2) is 9.59 Å². The van der Waals surface area contributed by atoms with E-state index in [1.807, 2.05) is 34.6 Å². The second-order valence-electron chi connectivity index (χ2n) is 6.14. The molecule has 118 valence electrons. The van der Waals surface area contributed by atoms with Crippen LogP contribution in [0, 0.1) is 5.41 Å². The first-order valence-electron chi connectivity index (χ1n) is 7.40. The molecule has 1 atom stereocenters. The van der Waals surface area contributed by atoms with Gasteiger partial charge in [0, 0.05) is 0 Å². The van der Waals surface area contributed by atoms with Crippen LogP contribution in [0.3, 0.4) is 0 Å². The molecule has 0 aromatic heterocycles. The van der Waals surface area contributed by atoms with E-state index in [1.54, 1.807) is 0 Å². The van der Waals surface area contributed by atoms with Crippen LogP contribution in [0.5, 0.6) is 0 Å². The van der Waals surface area contributed by atoms with Crippen molar-refractivity contribution < 1.29 is 19.1 Å². The summed E-state index contributed by atoms with van der Waals surface area (Å²) in [6, 6.07) is -0.621. The zero-order chi connectivity index (χ0) is 15.6. The van der Waals surface area contributed by atoms with Gasteiger partial charge in [0.1, 0.15) is 6.04 Å². The van der Waals surface area contributed by atoms with Crippen molar-refractivity contribution in [1.82, 2.24) is 5.32 Å². The Morgan fingerprint density at radius 1 is 1.10 bits per heavy atom. The third-order valence-electron chi connectivity index (χ3n) is 2.53. The average molecular weight is 287 g/mol. The molecule has 20 heavy (non-hydrogen) atoms. The quantitative estimate of drug-likeness (QED) is 0.549. The number of carbonyl (C=O) groups excluding carboxylic acids is 2. The zero-order valence-electron chi connectivity index (χ0n) is 13.5. The van der Waals surface area contributed by atoms with Gasteiger partial charge in [-0.1, -0.05) is 47.5 Å². The Hall–Kier alpha value is -1.26. The van der Waals surface area contributed by atoms with E-state index >= 15 is 0 Å². The number of unbranched alkanes of at least 4 members (excludes halogenated alkanes) is 1. The van der Waals surface area contributed by atoms with E-state index in [2.05, 4.69) is 5.32 Å². The summed E-state index contributed by atoms with van der Waals surface area (Å²) in [4.78, 5) is 23.5. The van der Waals surface area contributed by atoms with Crippen molar-refractivity contribution in [2.45, 2.75) is 66.3 Å². The highest BCUT2D eigenvalue weighted by atomic mass is 16.6. The maximum absolute atomic E-state index is 11.9. The lowest BCUT2D eigenvalue weighted by atomic mass is 9.99. The molecule has 0 radical (unpaired) electrons. The van der Waals surface area contributed by atoms with E-state index in [0.29, 0.717) is 19.6 Å². The van der Waals surface area contributed by atoms with Gasteiger partial charge in [0.15, 0.2) is 0 Å². The Morgan fingerprint density at radius 3 is 2.25 bits per heavy atom. The molecule has 0 saturated carbocycles. The van der Waals surface area contributed by atoms with Gasteiger partial charge >= 0.3 is 12.1 Å². The zero-order valence-corrected chi connectivity index (χ0v) is 13.5. The predicted octanol–water partition coefficient (Wildman–Crippen LogP) is 3.27. The number of esters is 1. The third-order valence-corrected chi connectivity index (χ3v) is 2.53. The summed E-state index contributed by atoms with van der Waals surface area (Å²) in [5.41, 5.74) is -0.0980. The number of ether oxygens (including phenoxy) is 2. The Labute approximate surface area is 122 Å². The molecule has 0 rings (SSSR count). The van der Waals surface area contributed by atoms with Crippen LogP contribution < -0.4 is 5.32 Å². The maximum atomic E-state index is 11.9. The summed E-state index contributed by atoms with van der Waals surface area (Å²) in [6.07, 6.45) is 2.57. The van der Waals surface area contributed by atoms with Gasteiger partial charge in [-0.2, -0.15) is 0 Å². The molecule has 1 unspecified atom stereocenters. The number of rotatable bonds is 8. The fourth-order valence-electron chi connectivity index (χ4n) is 1.42. The maximum Gasteiger partial charge on any atom is 0.407 e. The van der Waals surface area contributed by atoms with Crippen LogP contribution in [0.25, 0.3) is 0 Å². The van der Waals surface area contributed by atoms with Gasteiger partial charge in [-0.15, -0.1) is 0 Å². The van der Waals surface area contributed by atoms with Crippen molar-refractivity contribution in [2.24, 2.45) is 5.41 Å². The Bertz CT molecular complexity index is 297. The Balaban J connectivity index is 4.24. The molecular formula is C15H29NO4. The van der Waals surface area contributed by atoms with E-state index < -0.39 is 12.1 Å². The molecule has 1 N–H and O–H groups in total. The van der Waals surface area contributed by atoms with Crippen LogP contribution >= 0.6 is 0 Å². The number of hydrogen-bond acceptors (Lipinski definition) is 4. The van der Waals surface area contributed by atoms with Crippen molar-refractivity contribution >= 4 is 12.1 Å². The molecule has 0 bridgehead atoms. The molecule has 0 heterocycles. The van der Waals surface area contributed by atoms with Gasteiger partial charge in [-0.05, 0) is 18.3 Å². The molecule has 0 saturated heterocycles. The fraction of sp³-hybridized carbons (Fsp3) is 0.867. The highest BCUT2D eigenvalue weighted by Crippen LogP contribution is 2.13. The number of amides is 1. The van der Waals surface area contributed by atoms with Crippen molar-refractivity contribution in [3.63, 3.8) is 0 Å². The van der Waals surface area contributed by atoms with E-state index in [1.165, 1.54) is 0 Å². The van der Waals surface area contributed by atoms with Crippen LogP contribution in [0.4, 0.5) is 4.79 Å². The van der Waals surface area contributed by atoms with Crippen LogP contribution in [0.15, 0.2) is 0 Å². The molecule has 0 aliphatic carbocycles. The molecule has 0 aliphatic rings. The standard InChI is InChI=1S/C15H29NO4/c1-6-8-10-19-13(17)12(9-7-2)16-14(18)20-11-15(3,4)5/h12H,6-11H2,1-5H3,(H,16,18). The minimum Gasteiger partial charge on any atom is -0.464 e. The summed E-state index contributed by atoms with van der Waals surface area (Å²) in [6.45, 7) is 10.6. The lowest BCUT2D eigenvalue weighted by molar-refractivity contribution is -0.146. The highest BCUT2D eigenvalue weighted by molar-refractivity contribution is 5.81. The molecule has 5 nitrogen and oxygen atoms in total. The lowest BCUT2D eigenvalue weighted by Gasteiger charge is -2.20. The van der Waals surface area contributed by atoms with Crippen LogP contribution in [0.1, 0.15) is 60.3 Å². The smallest absolute Gasteiger partial charge is 0.407 e. The van der Waals surface area contributed by atoms with Crippen LogP contribution in [-0.2, 0) is 14.3 Å². The largest absolute Gasteiger partial charge is 0.464 e. The van der Waals surface area contributed by atoms with E-state index in [9.17, 15) is 9.59 Å². The molecule has 0 spiro atoms. The summed E-state index contributed by atoms with van der Waals surface area (Å²) < 4.78 is 10.2. The van der Waals surface area contributed by atoms with E-state index in [4.69, 9.17) is 9.47 Å². The second-order valence-corrected chi connectivity index (χ2v) is 6.14. The Morgan fingerprint density at radius 2 is 1.75 bits per heavy atom. The predicted molar refractivity (Wildman–Crippen MR) is 78.5 cm³/mol. The molecular weight excluding hydrogens is 258 g/mol. The number of nitrogens with one attached hydrogen (secondary N) is 1. The van der Waals surface area contributed by atoms with Crippen molar-refractivity contribution in [3.05, 3.63) is 0 Å². The molecule has 1 amide bonds. The van der Waals surface area contributed by atoms with Crippen LogP contribution in [0.2, 0.25) is 0 Å². The monoisotopic (exact) mass is 287 g/mol. The first-order valence-corrected chi connectivity index (χ1v) is 7.40. The van der Waals surface area contributed by atoms with Gasteiger partial charge in [0.2, 0.25) is 0 Å². The van der Waals surface area contributed by atoms with Crippen molar-refractivity contribution in [2.75, 3.05) is 13.2 Å². The first-order chi connectivity index (χ1) is 9.30. The first kappa shape index (κ1) is 18.7. The van der Waals surface area contributed by atoms with Crippen molar-refractivity contribution in [3.8, 4) is 0 Å². The normalized spacial score (nSPS) is 12.7. The fourth-order valence-corrected chi connectivity index (χ4v) is 1.42. The van der Waals surface area contributed by atoms with Gasteiger partial charge in [-0.3, -0.25) is 0 Å². The van der Waals surface area contributed by atoms with Gasteiger partial charge in [0.25, 0.3) is 0 Å². The highest BCUT2D eigenvalue weighted by Gasteiger charge is 2.23. The second kappa shape index (κ2) is 9.61. The Kier molecular flexibility index (Phi) is 9.01. The minimum absolute atomic E-state index is 0.0980. The number of carbonyl (C=O) groups is 2. The van der Waals surface area contributed by atoms with E-state index in [-0.39, 0.29) is 11.4 Å². The van der Waals surface area contributed by atoms with Gasteiger partial charge < -0.3 is 14.8 Å². The van der Waals surface area contributed by atoms with Gasteiger partial charge in [0.05, 0.1) is 13.2 Å². The molecule has 5 heteroatoms. The average Bonchev–Trinajstić information content (AvgIpc) is 2.35. The summed E-state index contributed by atoms with van der Waals surface area (Å²) in [5, 5.41) is 2.58. The molecule has 0 fully saturated rings. The summed E-state index contributed by atoms with van der Waals surface area (Å²) >= 11 is 0. The third kappa shape index (κ3) is 9.64. The summed E-state index contributed by atoms with van der Waals surface area (Å²) in [7, 11) is 0. The SMILES string of the molecule is CCCCOC(=O)C(CCC)NC(=O)OCC(C)(C)C. The number of alkyl carbamates (subject to hydrolysis) is 1. The topological polar surface area (TPSA) is 64.6 Å². The molecule has 0 aromatic rings. The molecule has 0 aromatic carbocycles. The number of hydrogen-bond donors (Lipinski definition) is 1. The van der Waals surface area contributed by atoms with Crippen molar-refractivity contribution in [1.29, 1.82) is 0 Å².